The van der Waals surface area contributed by atoms with Crippen LogP contribution in [-0.2, 0) is 9.59 Å². The van der Waals surface area contributed by atoms with Gasteiger partial charge >= 0.3 is 0 Å². The first-order chi connectivity index (χ1) is 12.2. The van der Waals surface area contributed by atoms with Crippen LogP contribution in [0, 0.1) is 17.8 Å². The fraction of sp³-hybridized carbons (Fsp3) is 0.524. The summed E-state index contributed by atoms with van der Waals surface area (Å²) < 4.78 is 0. The van der Waals surface area contributed by atoms with Crippen LogP contribution in [0.2, 0.25) is 0 Å². The van der Waals surface area contributed by atoms with E-state index in [1.165, 1.54) is 0 Å². The molecule has 5 heteroatoms. The molecule has 2 aliphatic heterocycles. The second-order valence-electron chi connectivity index (χ2n) is 8.24. The molecular weight excluding hydrogens is 344 g/mol. The highest BCUT2D eigenvalue weighted by Gasteiger charge is 2.49. The quantitative estimate of drug-likeness (QED) is 0.744. The monoisotopic (exact) mass is 372 g/mol. The van der Waals surface area contributed by atoms with E-state index in [1.807, 2.05) is 27.3 Å². The van der Waals surface area contributed by atoms with Crippen LogP contribution in [0.4, 0.5) is 0 Å². The van der Waals surface area contributed by atoms with Crippen LogP contribution in [0.3, 0.4) is 0 Å². The van der Waals surface area contributed by atoms with E-state index in [0.29, 0.717) is 36.1 Å². The molecule has 4 nitrogen and oxygen atoms in total. The second kappa shape index (κ2) is 7.03. The van der Waals surface area contributed by atoms with E-state index in [4.69, 9.17) is 0 Å². The topological polar surface area (TPSA) is 40.6 Å². The van der Waals surface area contributed by atoms with Crippen LogP contribution in [0.25, 0.3) is 5.70 Å². The van der Waals surface area contributed by atoms with Crippen molar-refractivity contribution in [3.63, 3.8) is 0 Å². The zero-order chi connectivity index (χ0) is 19.2. The van der Waals surface area contributed by atoms with E-state index in [1.54, 1.807) is 11.3 Å². The average molecular weight is 373 g/mol. The largest absolute Gasteiger partial charge is 0.311 e. The fourth-order valence-electron chi connectivity index (χ4n) is 3.78. The Morgan fingerprint density at radius 1 is 0.885 bits per heavy atom. The van der Waals surface area contributed by atoms with Crippen LogP contribution in [0.1, 0.15) is 46.4 Å². The van der Waals surface area contributed by atoms with E-state index in [9.17, 15) is 9.59 Å². The molecule has 3 rings (SSSR count). The van der Waals surface area contributed by atoms with Crippen molar-refractivity contribution in [3.8, 4) is 0 Å². The molecule has 1 aromatic heterocycles. The normalized spacial score (nSPS) is 17.9. The summed E-state index contributed by atoms with van der Waals surface area (Å²) in [6.07, 6.45) is 0. The van der Waals surface area contributed by atoms with Crippen molar-refractivity contribution >= 4 is 28.8 Å². The Bertz CT molecular complexity index is 785. The molecule has 0 radical (unpaired) electrons. The summed E-state index contributed by atoms with van der Waals surface area (Å²) in [5.41, 5.74) is 2.95. The van der Waals surface area contributed by atoms with Gasteiger partial charge < -0.3 is 9.80 Å². The van der Waals surface area contributed by atoms with E-state index in [-0.39, 0.29) is 17.7 Å². The summed E-state index contributed by atoms with van der Waals surface area (Å²) in [5.74, 6) is 0.775. The Morgan fingerprint density at radius 3 is 1.96 bits per heavy atom. The van der Waals surface area contributed by atoms with Crippen molar-refractivity contribution in [3.05, 3.63) is 39.2 Å². The Morgan fingerprint density at radius 2 is 1.46 bits per heavy atom. The van der Waals surface area contributed by atoms with Gasteiger partial charge in [0.1, 0.15) is 0 Å². The summed E-state index contributed by atoms with van der Waals surface area (Å²) in [4.78, 5) is 31.4. The first kappa shape index (κ1) is 18.9. The maximum atomic E-state index is 13.4. The van der Waals surface area contributed by atoms with Crippen LogP contribution in [-0.4, -0.2) is 34.7 Å². The van der Waals surface area contributed by atoms with Crippen LogP contribution in [0.5, 0.6) is 0 Å². The SMILES string of the molecule is CC(C)CN1C(=O)C2=C(C(C)C)N(CC(C)C)C(=O)C2=C1c1cccs1. The van der Waals surface area contributed by atoms with Gasteiger partial charge in [-0.3, -0.25) is 9.59 Å². The van der Waals surface area contributed by atoms with E-state index in [0.717, 1.165) is 16.3 Å². The third kappa shape index (κ3) is 3.02. The number of carbonyl (C=O) groups excluding carboxylic acids is 2. The highest BCUT2D eigenvalue weighted by molar-refractivity contribution is 7.11. The van der Waals surface area contributed by atoms with E-state index < -0.39 is 0 Å². The summed E-state index contributed by atoms with van der Waals surface area (Å²) in [7, 11) is 0. The predicted octanol–water partition coefficient (Wildman–Crippen LogP) is 4.37. The third-order valence-corrected chi connectivity index (χ3v) is 5.50. The number of carbonyl (C=O) groups is 2. The van der Waals surface area contributed by atoms with Crippen molar-refractivity contribution in [2.24, 2.45) is 17.8 Å². The first-order valence-corrected chi connectivity index (χ1v) is 10.3. The number of allylic oxidation sites excluding steroid dienone is 1. The number of rotatable bonds is 6. The number of hydrogen-bond acceptors (Lipinski definition) is 3. The van der Waals surface area contributed by atoms with Crippen LogP contribution < -0.4 is 0 Å². The zero-order valence-electron chi connectivity index (χ0n) is 16.5. The van der Waals surface area contributed by atoms with Crippen molar-refractivity contribution < 1.29 is 9.59 Å². The summed E-state index contributed by atoms with van der Waals surface area (Å²) in [6, 6.07) is 3.98. The Labute approximate surface area is 160 Å². The maximum Gasteiger partial charge on any atom is 0.261 e. The molecule has 0 N–H and O–H groups in total. The van der Waals surface area contributed by atoms with Gasteiger partial charge in [-0.05, 0) is 29.2 Å². The van der Waals surface area contributed by atoms with Gasteiger partial charge in [0.2, 0.25) is 0 Å². The Hall–Kier alpha value is -1.88. The standard InChI is InChI=1S/C21H28N2O2S/c1-12(2)10-22-18(14(5)6)16-17(21(22)25)19(15-8-7-9-26-15)23(20(16)24)11-13(3)4/h7-9,12-14H,10-11H2,1-6H3. The van der Waals surface area contributed by atoms with Gasteiger partial charge in [0.25, 0.3) is 11.8 Å². The average Bonchev–Trinajstić information content (AvgIpc) is 3.20. The van der Waals surface area contributed by atoms with Crippen molar-refractivity contribution in [1.29, 1.82) is 0 Å². The smallest absolute Gasteiger partial charge is 0.261 e. The molecule has 1 aromatic rings. The number of amides is 2. The summed E-state index contributed by atoms with van der Waals surface area (Å²) in [6.45, 7) is 13.8. The highest BCUT2D eigenvalue weighted by atomic mass is 32.1. The van der Waals surface area contributed by atoms with Crippen LogP contribution >= 0.6 is 11.3 Å². The predicted molar refractivity (Wildman–Crippen MR) is 106 cm³/mol. The van der Waals surface area contributed by atoms with Crippen molar-refractivity contribution in [2.75, 3.05) is 13.1 Å². The van der Waals surface area contributed by atoms with E-state index >= 15 is 0 Å². The Kier molecular flexibility index (Phi) is 5.11. The third-order valence-electron chi connectivity index (χ3n) is 4.62. The number of thiophene rings is 1. The number of fused-ring (bicyclic) bond motifs is 1. The molecule has 0 unspecified atom stereocenters. The van der Waals surface area contributed by atoms with Gasteiger partial charge in [-0.15, -0.1) is 11.3 Å². The lowest BCUT2D eigenvalue weighted by molar-refractivity contribution is -0.125. The summed E-state index contributed by atoms with van der Waals surface area (Å²) in [5, 5.41) is 2.00. The molecule has 0 fully saturated rings. The first-order valence-electron chi connectivity index (χ1n) is 9.40. The minimum atomic E-state index is -0.0135. The molecule has 0 atom stereocenters. The lowest BCUT2D eigenvalue weighted by Gasteiger charge is -2.28. The summed E-state index contributed by atoms with van der Waals surface area (Å²) >= 11 is 1.58. The van der Waals surface area contributed by atoms with Gasteiger partial charge in [0, 0.05) is 18.8 Å². The fourth-order valence-corrected chi connectivity index (χ4v) is 4.56. The number of nitrogens with zero attached hydrogens (tertiary/aromatic N) is 2. The van der Waals surface area contributed by atoms with Crippen LogP contribution in [0.15, 0.2) is 34.4 Å². The maximum absolute atomic E-state index is 13.4. The molecule has 26 heavy (non-hydrogen) atoms. The minimum absolute atomic E-state index is 0.0135. The number of hydrogen-bond donors (Lipinski definition) is 0. The van der Waals surface area contributed by atoms with Gasteiger partial charge in [0.15, 0.2) is 0 Å². The van der Waals surface area contributed by atoms with Crippen molar-refractivity contribution in [2.45, 2.75) is 41.5 Å². The van der Waals surface area contributed by atoms with Gasteiger partial charge in [-0.25, -0.2) is 0 Å². The molecule has 2 aliphatic rings. The zero-order valence-corrected chi connectivity index (χ0v) is 17.3. The second-order valence-corrected chi connectivity index (χ2v) is 9.18. The molecule has 2 amide bonds. The molecule has 0 bridgehead atoms. The highest BCUT2D eigenvalue weighted by Crippen LogP contribution is 2.46. The molecule has 0 saturated heterocycles. The molecular formula is C21H28N2O2S. The van der Waals surface area contributed by atoms with Crippen molar-refractivity contribution in [1.82, 2.24) is 9.80 Å². The van der Waals surface area contributed by atoms with Gasteiger partial charge in [-0.1, -0.05) is 47.6 Å². The molecule has 0 aromatic carbocycles. The molecule has 0 saturated carbocycles. The van der Waals surface area contributed by atoms with E-state index in [2.05, 4.69) is 41.5 Å². The molecule has 140 valence electrons. The van der Waals surface area contributed by atoms with Gasteiger partial charge in [-0.2, -0.15) is 0 Å². The molecule has 0 spiro atoms. The molecule has 0 aliphatic carbocycles. The Balaban J connectivity index is 2.22. The lowest BCUT2D eigenvalue weighted by Crippen LogP contribution is -2.34. The minimum Gasteiger partial charge on any atom is -0.311 e. The van der Waals surface area contributed by atoms with Gasteiger partial charge in [0.05, 0.1) is 21.7 Å². The lowest BCUT2D eigenvalue weighted by atomic mass is 10.0. The molecule has 3 heterocycles.